The van der Waals surface area contributed by atoms with Crippen molar-refractivity contribution in [1.29, 1.82) is 0 Å². The number of hydrogen-bond acceptors (Lipinski definition) is 6. The predicted octanol–water partition coefficient (Wildman–Crippen LogP) is 2.13. The minimum Gasteiger partial charge on any atom is -0.494 e. The molecule has 3 rings (SSSR count). The fraction of sp³-hybridized carbons (Fsp3) is 0.176. The topological polar surface area (TPSA) is 103 Å². The van der Waals surface area contributed by atoms with Crippen LogP contribution in [0.5, 0.6) is 5.75 Å². The maximum absolute atomic E-state index is 14.0. The molecule has 0 saturated carbocycles. The number of hydrogen-bond donors (Lipinski definition) is 2. The Hall–Kier alpha value is -3.29. The van der Waals surface area contributed by atoms with Crippen molar-refractivity contribution in [3.63, 3.8) is 0 Å². The molecule has 0 fully saturated rings. The van der Waals surface area contributed by atoms with Gasteiger partial charge in [0.2, 0.25) is 5.91 Å². The van der Waals surface area contributed by atoms with Crippen molar-refractivity contribution in [2.75, 3.05) is 19.0 Å². The van der Waals surface area contributed by atoms with Gasteiger partial charge in [0.15, 0.2) is 17.4 Å². The minimum absolute atomic E-state index is 0.157. The Labute approximate surface area is 143 Å². The molecule has 1 amide bonds. The SMILES string of the molecule is COc1ccc(-c2cc3nccnc3c(NCCC(N)=O)n2)cc1F. The van der Waals surface area contributed by atoms with Crippen molar-refractivity contribution in [2.45, 2.75) is 6.42 Å². The number of carbonyl (C=O) groups is 1. The first-order chi connectivity index (χ1) is 12.1. The number of pyridine rings is 1. The van der Waals surface area contributed by atoms with E-state index in [9.17, 15) is 9.18 Å². The molecule has 25 heavy (non-hydrogen) atoms. The van der Waals surface area contributed by atoms with Crippen molar-refractivity contribution in [3.05, 3.63) is 42.5 Å². The Morgan fingerprint density at radius 3 is 2.80 bits per heavy atom. The summed E-state index contributed by atoms with van der Waals surface area (Å²) in [5.41, 5.74) is 7.41. The summed E-state index contributed by atoms with van der Waals surface area (Å²) in [6, 6.07) is 6.31. The average Bonchev–Trinajstić information content (AvgIpc) is 2.61. The first-order valence-electron chi connectivity index (χ1n) is 7.56. The van der Waals surface area contributed by atoms with Crippen LogP contribution in [0.3, 0.4) is 0 Å². The van der Waals surface area contributed by atoms with E-state index in [2.05, 4.69) is 20.3 Å². The summed E-state index contributed by atoms with van der Waals surface area (Å²) >= 11 is 0. The maximum atomic E-state index is 14.0. The molecular weight excluding hydrogens is 325 g/mol. The lowest BCUT2D eigenvalue weighted by Gasteiger charge is -2.10. The van der Waals surface area contributed by atoms with Crippen LogP contribution < -0.4 is 15.8 Å². The molecule has 0 radical (unpaired) electrons. The fourth-order valence-corrected chi connectivity index (χ4v) is 2.37. The van der Waals surface area contributed by atoms with E-state index in [4.69, 9.17) is 10.5 Å². The van der Waals surface area contributed by atoms with Crippen molar-refractivity contribution in [1.82, 2.24) is 15.0 Å². The number of fused-ring (bicyclic) bond motifs is 1. The van der Waals surface area contributed by atoms with Gasteiger partial charge in [-0.15, -0.1) is 0 Å². The third kappa shape index (κ3) is 3.63. The number of carbonyl (C=O) groups excluding carboxylic acids is 1. The number of anilines is 1. The van der Waals surface area contributed by atoms with E-state index in [1.807, 2.05) is 0 Å². The van der Waals surface area contributed by atoms with E-state index < -0.39 is 11.7 Å². The lowest BCUT2D eigenvalue weighted by molar-refractivity contribution is -0.117. The lowest BCUT2D eigenvalue weighted by atomic mass is 10.1. The number of nitrogens with two attached hydrogens (primary N) is 1. The van der Waals surface area contributed by atoms with Gasteiger partial charge in [-0.2, -0.15) is 0 Å². The van der Waals surface area contributed by atoms with Gasteiger partial charge in [0.05, 0.1) is 18.3 Å². The van der Waals surface area contributed by atoms with E-state index in [0.29, 0.717) is 34.7 Å². The Bertz CT molecular complexity index is 932. The second-order valence-electron chi connectivity index (χ2n) is 5.27. The van der Waals surface area contributed by atoms with E-state index >= 15 is 0 Å². The largest absolute Gasteiger partial charge is 0.494 e. The van der Waals surface area contributed by atoms with Gasteiger partial charge < -0.3 is 15.8 Å². The van der Waals surface area contributed by atoms with E-state index in [-0.39, 0.29) is 12.2 Å². The summed E-state index contributed by atoms with van der Waals surface area (Å²) in [5.74, 6) is -0.289. The molecule has 0 aliphatic rings. The number of ether oxygens (including phenoxy) is 1. The quantitative estimate of drug-likeness (QED) is 0.712. The maximum Gasteiger partial charge on any atom is 0.219 e. The van der Waals surface area contributed by atoms with Crippen LogP contribution in [0.15, 0.2) is 36.7 Å². The normalized spacial score (nSPS) is 10.6. The van der Waals surface area contributed by atoms with Crippen LogP contribution in [0.4, 0.5) is 10.2 Å². The summed E-state index contributed by atoms with van der Waals surface area (Å²) in [5, 5.41) is 3.03. The molecule has 7 nitrogen and oxygen atoms in total. The molecule has 128 valence electrons. The van der Waals surface area contributed by atoms with Gasteiger partial charge >= 0.3 is 0 Å². The Morgan fingerprint density at radius 2 is 2.08 bits per heavy atom. The molecule has 0 aliphatic heterocycles. The number of halogens is 1. The van der Waals surface area contributed by atoms with Gasteiger partial charge in [-0.1, -0.05) is 0 Å². The zero-order valence-electron chi connectivity index (χ0n) is 13.5. The highest BCUT2D eigenvalue weighted by molar-refractivity contribution is 5.88. The number of nitrogens with one attached hydrogen (secondary N) is 1. The molecule has 2 aromatic heterocycles. The Morgan fingerprint density at radius 1 is 1.28 bits per heavy atom. The fourth-order valence-electron chi connectivity index (χ4n) is 2.37. The molecular formula is C17H16FN5O2. The molecule has 0 aliphatic carbocycles. The van der Waals surface area contributed by atoms with Crippen molar-refractivity contribution >= 4 is 22.8 Å². The highest BCUT2D eigenvalue weighted by Crippen LogP contribution is 2.28. The minimum atomic E-state index is -0.482. The highest BCUT2D eigenvalue weighted by Gasteiger charge is 2.12. The molecule has 0 saturated heterocycles. The van der Waals surface area contributed by atoms with Crippen molar-refractivity contribution in [2.24, 2.45) is 5.73 Å². The van der Waals surface area contributed by atoms with E-state index in [1.165, 1.54) is 19.2 Å². The van der Waals surface area contributed by atoms with Gasteiger partial charge in [0.1, 0.15) is 5.52 Å². The smallest absolute Gasteiger partial charge is 0.219 e. The highest BCUT2D eigenvalue weighted by atomic mass is 19.1. The molecule has 0 bridgehead atoms. The van der Waals surface area contributed by atoms with Crippen LogP contribution in [0, 0.1) is 5.82 Å². The first-order valence-corrected chi connectivity index (χ1v) is 7.56. The number of amides is 1. The molecule has 2 heterocycles. The van der Waals surface area contributed by atoms with E-state index in [0.717, 1.165) is 0 Å². The number of rotatable bonds is 6. The molecule has 0 spiro atoms. The predicted molar refractivity (Wildman–Crippen MR) is 91.6 cm³/mol. The summed E-state index contributed by atoms with van der Waals surface area (Å²) in [6.45, 7) is 0.314. The second-order valence-corrected chi connectivity index (χ2v) is 5.27. The molecule has 3 aromatic rings. The lowest BCUT2D eigenvalue weighted by Crippen LogP contribution is -2.16. The summed E-state index contributed by atoms with van der Waals surface area (Å²) < 4.78 is 18.9. The monoisotopic (exact) mass is 341 g/mol. The van der Waals surface area contributed by atoms with Gasteiger partial charge in [-0.05, 0) is 24.3 Å². The average molecular weight is 341 g/mol. The summed E-state index contributed by atoms with van der Waals surface area (Å²) in [4.78, 5) is 23.9. The molecule has 0 unspecified atom stereocenters. The van der Waals surface area contributed by atoms with Gasteiger partial charge in [-0.25, -0.2) is 14.4 Å². The van der Waals surface area contributed by atoms with Crippen molar-refractivity contribution < 1.29 is 13.9 Å². The molecule has 8 heteroatoms. The third-order valence-electron chi connectivity index (χ3n) is 3.57. The Balaban J connectivity index is 2.03. The molecule has 1 aromatic carbocycles. The van der Waals surface area contributed by atoms with Crippen LogP contribution in [-0.2, 0) is 4.79 Å². The van der Waals surface area contributed by atoms with Crippen molar-refractivity contribution in [3.8, 4) is 17.0 Å². The summed E-state index contributed by atoms with van der Waals surface area (Å²) in [6.07, 6.45) is 3.27. The van der Waals surface area contributed by atoms with Gasteiger partial charge in [-0.3, -0.25) is 9.78 Å². The van der Waals surface area contributed by atoms with Crippen LogP contribution in [0.2, 0.25) is 0 Å². The van der Waals surface area contributed by atoms with Crippen LogP contribution >= 0.6 is 0 Å². The number of nitrogens with zero attached hydrogens (tertiary/aromatic N) is 3. The second kappa shape index (κ2) is 7.08. The standard InChI is InChI=1S/C17H16FN5O2/c1-25-14-3-2-10(8-11(14)18)12-9-13-16(21-7-6-20-13)17(23-12)22-5-4-15(19)24/h2-3,6-9H,4-5H2,1H3,(H2,19,24)(H,22,23). The van der Waals surface area contributed by atoms with Gasteiger partial charge in [0, 0.05) is 30.9 Å². The van der Waals surface area contributed by atoms with Crippen LogP contribution in [0.1, 0.15) is 6.42 Å². The number of methoxy groups -OCH3 is 1. The summed E-state index contributed by atoms with van der Waals surface area (Å²) in [7, 11) is 1.41. The third-order valence-corrected chi connectivity index (χ3v) is 3.57. The first kappa shape index (κ1) is 16.6. The van der Waals surface area contributed by atoms with Crippen LogP contribution in [0.25, 0.3) is 22.3 Å². The van der Waals surface area contributed by atoms with Crippen LogP contribution in [-0.4, -0.2) is 34.5 Å². The molecule has 3 N–H and O–H groups in total. The number of aromatic nitrogens is 3. The Kier molecular flexibility index (Phi) is 4.69. The number of primary amides is 1. The van der Waals surface area contributed by atoms with E-state index in [1.54, 1.807) is 24.5 Å². The van der Waals surface area contributed by atoms with Gasteiger partial charge in [0.25, 0.3) is 0 Å². The zero-order valence-corrected chi connectivity index (χ0v) is 13.5. The molecule has 0 atom stereocenters. The zero-order chi connectivity index (χ0) is 17.8. The number of benzene rings is 1.